The number of piperidine rings is 1. The van der Waals surface area contributed by atoms with Crippen LogP contribution in [0, 0.1) is 5.92 Å². The third-order valence-corrected chi connectivity index (χ3v) is 6.64. The standard InChI is InChI=1S/C24H36N2O2/c1-25(22-12-8-3-2-4-9-13-22)24(28)21-16-18-26(19-17-21)23(27)15-14-20-10-6-5-7-11-20/h5-7,10-11,21-22H,2-4,8-9,12-19H2,1H3. The SMILES string of the molecule is CN(C(=O)C1CCN(C(=O)CCc2ccccc2)CC1)C1CCCCCCC1. The molecule has 4 heteroatoms. The van der Waals surface area contributed by atoms with Gasteiger partial charge in [-0.05, 0) is 37.7 Å². The second-order valence-electron chi connectivity index (χ2n) is 8.59. The second-order valence-corrected chi connectivity index (χ2v) is 8.59. The molecule has 28 heavy (non-hydrogen) atoms. The summed E-state index contributed by atoms with van der Waals surface area (Å²) in [5.41, 5.74) is 1.21. The fraction of sp³-hybridized carbons (Fsp3) is 0.667. The minimum Gasteiger partial charge on any atom is -0.343 e. The normalized spacial score (nSPS) is 19.7. The van der Waals surface area contributed by atoms with E-state index in [0.717, 1.165) is 45.2 Å². The van der Waals surface area contributed by atoms with Crippen LogP contribution in [-0.4, -0.2) is 47.8 Å². The van der Waals surface area contributed by atoms with Crippen LogP contribution in [0.5, 0.6) is 0 Å². The maximum absolute atomic E-state index is 13.0. The average Bonchev–Trinajstić information content (AvgIpc) is 2.72. The summed E-state index contributed by atoms with van der Waals surface area (Å²) in [5.74, 6) is 0.624. The molecule has 1 heterocycles. The minimum absolute atomic E-state index is 0.0913. The van der Waals surface area contributed by atoms with E-state index >= 15 is 0 Å². The van der Waals surface area contributed by atoms with Crippen LogP contribution in [0.25, 0.3) is 0 Å². The van der Waals surface area contributed by atoms with Gasteiger partial charge in [-0.3, -0.25) is 9.59 Å². The van der Waals surface area contributed by atoms with Gasteiger partial charge in [0.2, 0.25) is 11.8 Å². The Morgan fingerprint density at radius 3 is 2.18 bits per heavy atom. The number of carbonyl (C=O) groups is 2. The van der Waals surface area contributed by atoms with Crippen LogP contribution in [0.1, 0.15) is 69.8 Å². The largest absolute Gasteiger partial charge is 0.343 e. The van der Waals surface area contributed by atoms with Gasteiger partial charge in [-0.15, -0.1) is 0 Å². The molecule has 2 amide bonds. The lowest BCUT2D eigenvalue weighted by Crippen LogP contribution is -2.46. The summed E-state index contributed by atoms with van der Waals surface area (Å²) < 4.78 is 0. The molecule has 1 aliphatic carbocycles. The van der Waals surface area contributed by atoms with Crippen molar-refractivity contribution in [2.24, 2.45) is 5.92 Å². The van der Waals surface area contributed by atoms with E-state index < -0.39 is 0 Å². The Labute approximate surface area is 170 Å². The monoisotopic (exact) mass is 384 g/mol. The van der Waals surface area contributed by atoms with Crippen molar-refractivity contribution in [3.63, 3.8) is 0 Å². The van der Waals surface area contributed by atoms with Gasteiger partial charge in [0.05, 0.1) is 0 Å². The van der Waals surface area contributed by atoms with E-state index in [4.69, 9.17) is 0 Å². The van der Waals surface area contributed by atoms with E-state index in [9.17, 15) is 9.59 Å². The fourth-order valence-electron chi connectivity index (χ4n) is 4.72. The van der Waals surface area contributed by atoms with Crippen molar-refractivity contribution in [3.8, 4) is 0 Å². The lowest BCUT2D eigenvalue weighted by molar-refractivity contribution is -0.141. The molecule has 154 valence electrons. The molecule has 4 nitrogen and oxygen atoms in total. The Morgan fingerprint density at radius 2 is 1.54 bits per heavy atom. The Kier molecular flexibility index (Phi) is 7.93. The van der Waals surface area contributed by atoms with Gasteiger partial charge in [-0.25, -0.2) is 0 Å². The van der Waals surface area contributed by atoms with Crippen LogP contribution in [0.3, 0.4) is 0 Å². The van der Waals surface area contributed by atoms with Crippen LogP contribution >= 0.6 is 0 Å². The number of hydrogen-bond acceptors (Lipinski definition) is 2. The van der Waals surface area contributed by atoms with Crippen molar-refractivity contribution in [1.29, 1.82) is 0 Å². The van der Waals surface area contributed by atoms with Crippen molar-refractivity contribution in [2.75, 3.05) is 20.1 Å². The smallest absolute Gasteiger partial charge is 0.225 e. The van der Waals surface area contributed by atoms with Crippen LogP contribution < -0.4 is 0 Å². The molecule has 1 aromatic rings. The van der Waals surface area contributed by atoms with Gasteiger partial charge in [0, 0.05) is 38.5 Å². The van der Waals surface area contributed by atoms with Crippen LogP contribution in [0.2, 0.25) is 0 Å². The predicted molar refractivity (Wildman–Crippen MR) is 113 cm³/mol. The number of carbonyl (C=O) groups excluding carboxylic acids is 2. The zero-order valence-electron chi connectivity index (χ0n) is 17.4. The molecule has 2 fully saturated rings. The highest BCUT2D eigenvalue weighted by molar-refractivity contribution is 5.80. The van der Waals surface area contributed by atoms with Gasteiger partial charge in [0.25, 0.3) is 0 Å². The molecule has 1 aromatic carbocycles. The average molecular weight is 385 g/mol. The Balaban J connectivity index is 1.43. The Hall–Kier alpha value is -1.84. The third-order valence-electron chi connectivity index (χ3n) is 6.64. The van der Waals surface area contributed by atoms with E-state index in [0.29, 0.717) is 18.4 Å². The number of hydrogen-bond donors (Lipinski definition) is 0. The number of benzene rings is 1. The summed E-state index contributed by atoms with van der Waals surface area (Å²) in [6.07, 6.45) is 11.7. The topological polar surface area (TPSA) is 40.6 Å². The first-order valence-electron chi connectivity index (χ1n) is 11.2. The highest BCUT2D eigenvalue weighted by Gasteiger charge is 2.31. The van der Waals surface area contributed by atoms with Crippen molar-refractivity contribution in [3.05, 3.63) is 35.9 Å². The molecule has 0 atom stereocenters. The summed E-state index contributed by atoms with van der Waals surface area (Å²) in [6, 6.07) is 10.6. The van der Waals surface area contributed by atoms with E-state index in [-0.39, 0.29) is 11.8 Å². The van der Waals surface area contributed by atoms with E-state index in [1.807, 2.05) is 35.0 Å². The van der Waals surface area contributed by atoms with Crippen LogP contribution in [0.4, 0.5) is 0 Å². The minimum atomic E-state index is 0.0913. The summed E-state index contributed by atoms with van der Waals surface area (Å²) in [5, 5.41) is 0. The molecule has 2 aliphatic rings. The highest BCUT2D eigenvalue weighted by atomic mass is 16.2. The maximum Gasteiger partial charge on any atom is 0.225 e. The first-order chi connectivity index (χ1) is 13.6. The first kappa shape index (κ1) is 20.9. The van der Waals surface area contributed by atoms with Gasteiger partial charge in [-0.1, -0.05) is 62.4 Å². The molecule has 0 unspecified atom stereocenters. The van der Waals surface area contributed by atoms with Gasteiger partial charge in [-0.2, -0.15) is 0 Å². The fourth-order valence-corrected chi connectivity index (χ4v) is 4.72. The Morgan fingerprint density at radius 1 is 0.929 bits per heavy atom. The van der Waals surface area contributed by atoms with Gasteiger partial charge < -0.3 is 9.80 Å². The molecular formula is C24H36N2O2. The number of nitrogens with zero attached hydrogens (tertiary/aromatic N) is 2. The number of amides is 2. The highest BCUT2D eigenvalue weighted by Crippen LogP contribution is 2.25. The van der Waals surface area contributed by atoms with Crippen molar-refractivity contribution in [2.45, 2.75) is 76.7 Å². The third kappa shape index (κ3) is 5.83. The van der Waals surface area contributed by atoms with Crippen molar-refractivity contribution >= 4 is 11.8 Å². The molecule has 0 spiro atoms. The molecule has 0 bridgehead atoms. The van der Waals surface area contributed by atoms with Gasteiger partial charge in [0.1, 0.15) is 0 Å². The quantitative estimate of drug-likeness (QED) is 0.753. The van der Waals surface area contributed by atoms with Crippen LogP contribution in [-0.2, 0) is 16.0 Å². The summed E-state index contributed by atoms with van der Waals surface area (Å²) >= 11 is 0. The Bertz CT molecular complexity index is 615. The molecule has 1 aliphatic heterocycles. The number of aryl methyl sites for hydroxylation is 1. The van der Waals surface area contributed by atoms with E-state index in [2.05, 4.69) is 12.1 Å². The van der Waals surface area contributed by atoms with Gasteiger partial charge in [0.15, 0.2) is 0 Å². The molecule has 0 aromatic heterocycles. The lowest BCUT2D eigenvalue weighted by Gasteiger charge is -2.36. The predicted octanol–water partition coefficient (Wildman–Crippen LogP) is 4.43. The molecule has 1 saturated heterocycles. The number of rotatable bonds is 5. The van der Waals surface area contributed by atoms with Crippen molar-refractivity contribution < 1.29 is 9.59 Å². The summed E-state index contributed by atoms with van der Waals surface area (Å²) in [7, 11) is 2.01. The van der Waals surface area contributed by atoms with E-state index in [1.54, 1.807) is 0 Å². The molecule has 0 N–H and O–H groups in total. The maximum atomic E-state index is 13.0. The van der Waals surface area contributed by atoms with Crippen molar-refractivity contribution in [1.82, 2.24) is 9.80 Å². The van der Waals surface area contributed by atoms with E-state index in [1.165, 1.54) is 37.7 Å². The molecule has 0 radical (unpaired) electrons. The summed E-state index contributed by atoms with van der Waals surface area (Å²) in [4.78, 5) is 29.5. The first-order valence-corrected chi connectivity index (χ1v) is 11.2. The summed E-state index contributed by atoms with van der Waals surface area (Å²) in [6.45, 7) is 1.45. The zero-order valence-corrected chi connectivity index (χ0v) is 17.4. The second kappa shape index (κ2) is 10.6. The lowest BCUT2D eigenvalue weighted by atomic mass is 9.92. The zero-order chi connectivity index (χ0) is 19.8. The number of likely N-dealkylation sites (tertiary alicyclic amines) is 1. The molecule has 3 rings (SSSR count). The molecule has 1 saturated carbocycles. The molecular weight excluding hydrogens is 348 g/mol. The van der Waals surface area contributed by atoms with Gasteiger partial charge >= 0.3 is 0 Å². The van der Waals surface area contributed by atoms with Crippen LogP contribution in [0.15, 0.2) is 30.3 Å².